The van der Waals surface area contributed by atoms with Crippen LogP contribution in [0.25, 0.3) is 0 Å². The molecule has 0 radical (unpaired) electrons. The average Bonchev–Trinajstić information content (AvgIpc) is 3.33. The summed E-state index contributed by atoms with van der Waals surface area (Å²) in [4.78, 5) is 46.9. The van der Waals surface area contributed by atoms with Crippen molar-refractivity contribution >= 4 is 34.9 Å². The number of rotatable bonds is 9. The van der Waals surface area contributed by atoms with Crippen LogP contribution >= 0.6 is 11.3 Å². The minimum Gasteiger partial charge on any atom is -0.368 e. The van der Waals surface area contributed by atoms with Crippen molar-refractivity contribution in [3.05, 3.63) is 46.8 Å². The summed E-state index contributed by atoms with van der Waals surface area (Å²) in [5, 5.41) is 1.62. The van der Waals surface area contributed by atoms with Gasteiger partial charge in [0.05, 0.1) is 18.0 Å². The number of alkyl halides is 3. The van der Waals surface area contributed by atoms with Gasteiger partial charge in [0.15, 0.2) is 0 Å². The second kappa shape index (κ2) is 11.6. The van der Waals surface area contributed by atoms with Crippen LogP contribution in [0.2, 0.25) is 0 Å². The number of primary amides is 1. The largest absolute Gasteiger partial charge is 0.401 e. The highest BCUT2D eigenvalue weighted by Gasteiger charge is 2.36. The van der Waals surface area contributed by atoms with E-state index in [1.165, 1.54) is 38.5 Å². The number of anilines is 1. The van der Waals surface area contributed by atoms with Gasteiger partial charge in [0.1, 0.15) is 11.9 Å². The molecule has 1 saturated heterocycles. The summed E-state index contributed by atoms with van der Waals surface area (Å²) in [5.74, 6) is -2.04. The molecule has 190 valence electrons. The molecule has 8 nitrogen and oxygen atoms in total. The fourth-order valence-corrected chi connectivity index (χ4v) is 4.57. The first-order valence-corrected chi connectivity index (χ1v) is 12.1. The molecule has 1 unspecified atom stereocenters. The quantitative estimate of drug-likeness (QED) is 0.557. The van der Waals surface area contributed by atoms with Crippen LogP contribution < -0.4 is 10.6 Å². The van der Waals surface area contributed by atoms with Gasteiger partial charge in [0, 0.05) is 38.0 Å². The number of aromatic nitrogens is 1. The standard InChI is InChI=1S/C23H28F3N5O3S/c1-16(21(27)33)31(19-13-35-15-28-19)22(34)18(11-17-5-3-2-4-6-17)12-20(32)30-9-7-29(8-10-30)14-23(24,25)26/h2-6,13,15-16,18H,7-12,14H2,1H3,(H2,27,33)/t16-,18?/m1/s1. The number of halogens is 3. The van der Waals surface area contributed by atoms with Gasteiger partial charge in [-0.2, -0.15) is 13.2 Å². The molecule has 2 heterocycles. The van der Waals surface area contributed by atoms with E-state index < -0.39 is 36.5 Å². The predicted octanol–water partition coefficient (Wildman–Crippen LogP) is 2.31. The molecule has 0 bridgehead atoms. The Labute approximate surface area is 205 Å². The minimum atomic E-state index is -4.30. The van der Waals surface area contributed by atoms with E-state index in [-0.39, 0.29) is 50.7 Å². The van der Waals surface area contributed by atoms with Crippen LogP contribution in [0.15, 0.2) is 41.2 Å². The topological polar surface area (TPSA) is 99.8 Å². The summed E-state index contributed by atoms with van der Waals surface area (Å²) in [6, 6.07) is 8.18. The Balaban J connectivity index is 1.77. The average molecular weight is 512 g/mol. The predicted molar refractivity (Wildman–Crippen MR) is 126 cm³/mol. The third kappa shape index (κ3) is 7.49. The van der Waals surface area contributed by atoms with Crippen LogP contribution in [-0.2, 0) is 20.8 Å². The number of carbonyl (C=O) groups excluding carboxylic acids is 3. The Morgan fingerprint density at radius 2 is 1.80 bits per heavy atom. The van der Waals surface area contributed by atoms with Crippen molar-refractivity contribution in [2.24, 2.45) is 11.7 Å². The zero-order chi connectivity index (χ0) is 25.6. The smallest absolute Gasteiger partial charge is 0.368 e. The fourth-order valence-electron chi connectivity index (χ4n) is 4.05. The Morgan fingerprint density at radius 1 is 1.14 bits per heavy atom. The molecule has 1 aliphatic rings. The molecule has 2 N–H and O–H groups in total. The van der Waals surface area contributed by atoms with E-state index in [0.29, 0.717) is 0 Å². The first kappa shape index (κ1) is 26.6. The molecule has 0 saturated carbocycles. The summed E-state index contributed by atoms with van der Waals surface area (Å²) in [6.45, 7) is 0.986. The molecule has 2 atom stereocenters. The van der Waals surface area contributed by atoms with Crippen LogP contribution in [0.3, 0.4) is 0 Å². The number of nitrogens with zero attached hydrogens (tertiary/aromatic N) is 4. The van der Waals surface area contributed by atoms with Gasteiger partial charge < -0.3 is 10.6 Å². The van der Waals surface area contributed by atoms with Crippen LogP contribution in [0.1, 0.15) is 18.9 Å². The van der Waals surface area contributed by atoms with E-state index in [1.54, 1.807) is 5.38 Å². The number of carbonyl (C=O) groups is 3. The van der Waals surface area contributed by atoms with Gasteiger partial charge >= 0.3 is 6.18 Å². The van der Waals surface area contributed by atoms with E-state index in [0.717, 1.165) is 5.56 Å². The maximum atomic E-state index is 13.7. The van der Waals surface area contributed by atoms with Crippen LogP contribution in [0.4, 0.5) is 19.0 Å². The molecule has 3 rings (SSSR count). The first-order valence-electron chi connectivity index (χ1n) is 11.2. The van der Waals surface area contributed by atoms with Gasteiger partial charge in [-0.1, -0.05) is 30.3 Å². The molecule has 1 fully saturated rings. The highest BCUT2D eigenvalue weighted by Crippen LogP contribution is 2.25. The van der Waals surface area contributed by atoms with Gasteiger partial charge in [-0.25, -0.2) is 4.98 Å². The Bertz CT molecular complexity index is 996. The molecular weight excluding hydrogens is 483 g/mol. The third-order valence-electron chi connectivity index (χ3n) is 5.93. The summed E-state index contributed by atoms with van der Waals surface area (Å²) in [6.07, 6.45) is -4.21. The molecule has 1 aliphatic heterocycles. The molecule has 12 heteroatoms. The molecule has 2 aromatic rings. The maximum absolute atomic E-state index is 13.7. The molecule has 35 heavy (non-hydrogen) atoms. The van der Waals surface area contributed by atoms with Gasteiger partial charge in [-0.05, 0) is 18.9 Å². The van der Waals surface area contributed by atoms with Gasteiger partial charge in [0.25, 0.3) is 0 Å². The van der Waals surface area contributed by atoms with Crippen molar-refractivity contribution in [3.8, 4) is 0 Å². The normalized spacial score (nSPS) is 16.5. The fraction of sp³-hybridized carbons (Fsp3) is 0.478. The van der Waals surface area contributed by atoms with E-state index >= 15 is 0 Å². The lowest BCUT2D eigenvalue weighted by Gasteiger charge is -2.36. The van der Waals surface area contributed by atoms with Crippen molar-refractivity contribution in [1.82, 2.24) is 14.8 Å². The van der Waals surface area contributed by atoms with Crippen LogP contribution in [0.5, 0.6) is 0 Å². The van der Waals surface area contributed by atoms with Crippen LogP contribution in [0, 0.1) is 5.92 Å². The molecule has 0 aliphatic carbocycles. The van der Waals surface area contributed by atoms with E-state index in [1.807, 2.05) is 30.3 Å². The second-order valence-electron chi connectivity index (χ2n) is 8.50. The number of benzene rings is 1. The van der Waals surface area contributed by atoms with Gasteiger partial charge in [-0.15, -0.1) is 11.3 Å². The summed E-state index contributed by atoms with van der Waals surface area (Å²) >= 11 is 1.25. The lowest BCUT2D eigenvalue weighted by atomic mass is 9.93. The Hall–Kier alpha value is -2.99. The van der Waals surface area contributed by atoms with E-state index in [2.05, 4.69) is 4.98 Å². The first-order chi connectivity index (χ1) is 16.5. The molecule has 0 spiro atoms. The molecular formula is C23H28F3N5O3S. The number of nitrogens with two attached hydrogens (primary N) is 1. The number of piperazine rings is 1. The van der Waals surface area contributed by atoms with E-state index in [4.69, 9.17) is 5.73 Å². The molecule has 1 aromatic carbocycles. The Morgan fingerprint density at radius 3 is 2.34 bits per heavy atom. The number of thiazole rings is 1. The lowest BCUT2D eigenvalue weighted by Crippen LogP contribution is -2.52. The zero-order valence-electron chi connectivity index (χ0n) is 19.3. The molecule has 1 aromatic heterocycles. The summed E-state index contributed by atoms with van der Waals surface area (Å²) < 4.78 is 38.0. The minimum absolute atomic E-state index is 0.103. The monoisotopic (exact) mass is 511 g/mol. The van der Waals surface area contributed by atoms with Gasteiger partial charge in [-0.3, -0.25) is 24.2 Å². The van der Waals surface area contributed by atoms with Crippen LogP contribution in [-0.4, -0.2) is 77.4 Å². The second-order valence-corrected chi connectivity index (χ2v) is 9.21. The number of amides is 3. The lowest BCUT2D eigenvalue weighted by molar-refractivity contribution is -0.152. The van der Waals surface area contributed by atoms with Crippen molar-refractivity contribution in [2.75, 3.05) is 37.6 Å². The van der Waals surface area contributed by atoms with Crippen molar-refractivity contribution < 1.29 is 27.6 Å². The van der Waals surface area contributed by atoms with Crippen molar-refractivity contribution in [3.63, 3.8) is 0 Å². The number of hydrogen-bond donors (Lipinski definition) is 1. The van der Waals surface area contributed by atoms with Gasteiger partial charge in [0.2, 0.25) is 17.7 Å². The van der Waals surface area contributed by atoms with E-state index in [9.17, 15) is 27.6 Å². The highest BCUT2D eigenvalue weighted by molar-refractivity contribution is 7.07. The van der Waals surface area contributed by atoms with Crippen molar-refractivity contribution in [1.29, 1.82) is 0 Å². The Kier molecular flexibility index (Phi) is 8.84. The SMILES string of the molecule is C[C@H](C(N)=O)N(C(=O)C(CC(=O)N1CCN(CC(F)(F)F)CC1)Cc1ccccc1)c1cscn1. The summed E-state index contributed by atoms with van der Waals surface area (Å²) in [5.41, 5.74) is 7.85. The summed E-state index contributed by atoms with van der Waals surface area (Å²) in [7, 11) is 0. The molecule has 3 amide bonds. The zero-order valence-corrected chi connectivity index (χ0v) is 20.1. The number of hydrogen-bond acceptors (Lipinski definition) is 6. The maximum Gasteiger partial charge on any atom is 0.401 e. The van der Waals surface area contributed by atoms with Crippen molar-refractivity contribution in [2.45, 2.75) is 32.0 Å². The highest BCUT2D eigenvalue weighted by atomic mass is 32.1. The third-order valence-corrected chi connectivity index (χ3v) is 6.50.